The van der Waals surface area contributed by atoms with Gasteiger partial charge < -0.3 is 15.0 Å². The molecule has 6 nitrogen and oxygen atoms in total. The van der Waals surface area contributed by atoms with Crippen LogP contribution in [0.5, 0.6) is 5.75 Å². The van der Waals surface area contributed by atoms with Gasteiger partial charge in [-0.25, -0.2) is 4.79 Å². The standard InChI is InChI=1S/C28H37N3O3.ClH/c1-30(2)28(33)34-26-14-10-13-22-23-17-20-31(25(23)16-15-24(22)26)19-9-4-3-8-18-29-27(32)21-11-6-5-7-12-21;/h5-7,10-14,23,25H,3-4,8-9,15-20H2,1-2H3,(H,29,32);1H/t23-,25+;/m0./s1. The third kappa shape index (κ3) is 6.77. The second-order valence-corrected chi connectivity index (χ2v) is 9.66. The number of hydrogen-bond acceptors (Lipinski definition) is 4. The van der Waals surface area contributed by atoms with Gasteiger partial charge in [-0.2, -0.15) is 0 Å². The largest absolute Gasteiger partial charge is 0.414 e. The van der Waals surface area contributed by atoms with Crippen molar-refractivity contribution in [1.29, 1.82) is 0 Å². The summed E-state index contributed by atoms with van der Waals surface area (Å²) in [6.07, 6.45) is 7.49. The van der Waals surface area contributed by atoms with Crippen molar-refractivity contribution < 1.29 is 14.3 Å². The zero-order valence-corrected chi connectivity index (χ0v) is 21.7. The Hall–Kier alpha value is -2.57. The lowest BCUT2D eigenvalue weighted by Gasteiger charge is -2.34. The highest BCUT2D eigenvalue weighted by atomic mass is 35.5. The molecule has 0 aromatic heterocycles. The molecule has 1 N–H and O–H groups in total. The van der Waals surface area contributed by atoms with Crippen LogP contribution in [0.1, 0.15) is 65.9 Å². The fraction of sp³-hybridized carbons (Fsp3) is 0.500. The molecule has 2 atom stereocenters. The Bertz CT molecular complexity index is 983. The number of benzene rings is 2. The predicted octanol–water partition coefficient (Wildman–Crippen LogP) is 5.26. The molecular formula is C28H38ClN3O3. The zero-order chi connectivity index (χ0) is 23.9. The van der Waals surface area contributed by atoms with Gasteiger partial charge in [0.15, 0.2) is 0 Å². The van der Waals surface area contributed by atoms with Crippen molar-refractivity contribution in [2.75, 3.05) is 33.7 Å². The Morgan fingerprint density at radius 3 is 2.54 bits per heavy atom. The molecule has 0 saturated carbocycles. The predicted molar refractivity (Wildman–Crippen MR) is 142 cm³/mol. The molecular weight excluding hydrogens is 462 g/mol. The van der Waals surface area contributed by atoms with E-state index in [9.17, 15) is 9.59 Å². The van der Waals surface area contributed by atoms with Crippen LogP contribution >= 0.6 is 12.4 Å². The number of likely N-dealkylation sites (tertiary alicyclic amines) is 1. The molecule has 2 aromatic rings. The molecule has 7 heteroatoms. The first-order valence-electron chi connectivity index (χ1n) is 12.6. The summed E-state index contributed by atoms with van der Waals surface area (Å²) in [5.41, 5.74) is 3.32. The van der Waals surface area contributed by atoms with Crippen LogP contribution in [-0.2, 0) is 6.42 Å². The summed E-state index contributed by atoms with van der Waals surface area (Å²) in [4.78, 5) is 28.3. The summed E-state index contributed by atoms with van der Waals surface area (Å²) in [6, 6.07) is 16.2. The first-order chi connectivity index (χ1) is 16.5. The van der Waals surface area contributed by atoms with Crippen LogP contribution in [0.25, 0.3) is 0 Å². The van der Waals surface area contributed by atoms with Crippen molar-refractivity contribution in [1.82, 2.24) is 15.1 Å². The highest BCUT2D eigenvalue weighted by Crippen LogP contribution is 2.44. The molecule has 1 aliphatic heterocycles. The number of hydrogen-bond donors (Lipinski definition) is 1. The van der Waals surface area contributed by atoms with E-state index in [1.807, 2.05) is 42.5 Å². The maximum Gasteiger partial charge on any atom is 0.414 e. The van der Waals surface area contributed by atoms with Gasteiger partial charge in [-0.3, -0.25) is 9.69 Å². The quantitative estimate of drug-likeness (QED) is 0.478. The molecule has 2 amide bonds. The van der Waals surface area contributed by atoms with E-state index < -0.39 is 0 Å². The van der Waals surface area contributed by atoms with Crippen LogP contribution in [-0.4, -0.2) is 61.6 Å². The molecule has 190 valence electrons. The maximum atomic E-state index is 12.1. The van der Waals surface area contributed by atoms with Crippen molar-refractivity contribution in [2.24, 2.45) is 0 Å². The summed E-state index contributed by atoms with van der Waals surface area (Å²) in [5.74, 6) is 1.28. The number of nitrogens with one attached hydrogen (secondary N) is 1. The Labute approximate surface area is 215 Å². The number of carbonyl (C=O) groups excluding carboxylic acids is 2. The summed E-state index contributed by atoms with van der Waals surface area (Å²) in [7, 11) is 3.42. The fourth-order valence-electron chi connectivity index (χ4n) is 5.40. The lowest BCUT2D eigenvalue weighted by Crippen LogP contribution is -2.36. The lowest BCUT2D eigenvalue weighted by atomic mass is 9.79. The Morgan fingerprint density at radius 2 is 1.77 bits per heavy atom. The average molecular weight is 500 g/mol. The SMILES string of the molecule is CN(C)C(=O)Oc1cccc2c1CC[C@@H]1[C@H]2CCN1CCCCCCNC(=O)c1ccccc1.Cl. The molecule has 4 rings (SSSR count). The molecule has 0 radical (unpaired) electrons. The molecule has 1 aliphatic carbocycles. The lowest BCUT2D eigenvalue weighted by molar-refractivity contribution is 0.0952. The van der Waals surface area contributed by atoms with E-state index >= 15 is 0 Å². The normalized spacial score (nSPS) is 18.7. The van der Waals surface area contributed by atoms with Gasteiger partial charge >= 0.3 is 6.09 Å². The monoisotopic (exact) mass is 499 g/mol. The van der Waals surface area contributed by atoms with E-state index in [2.05, 4.69) is 16.3 Å². The average Bonchev–Trinajstić information content (AvgIpc) is 3.27. The number of halogens is 1. The minimum absolute atomic E-state index is 0. The molecule has 35 heavy (non-hydrogen) atoms. The van der Waals surface area contributed by atoms with Gasteiger partial charge in [-0.1, -0.05) is 43.2 Å². The number of ether oxygens (including phenoxy) is 1. The Morgan fingerprint density at radius 1 is 1.00 bits per heavy atom. The van der Waals surface area contributed by atoms with Crippen LogP contribution < -0.4 is 10.1 Å². The van der Waals surface area contributed by atoms with E-state index in [4.69, 9.17) is 4.74 Å². The third-order valence-corrected chi connectivity index (χ3v) is 7.18. The van der Waals surface area contributed by atoms with Crippen LogP contribution in [0.15, 0.2) is 48.5 Å². The second kappa shape index (κ2) is 12.9. The van der Waals surface area contributed by atoms with Crippen LogP contribution in [0.3, 0.4) is 0 Å². The van der Waals surface area contributed by atoms with Gasteiger partial charge in [-0.15, -0.1) is 12.4 Å². The first-order valence-corrected chi connectivity index (χ1v) is 12.6. The van der Waals surface area contributed by atoms with E-state index in [1.54, 1.807) is 14.1 Å². The summed E-state index contributed by atoms with van der Waals surface area (Å²) >= 11 is 0. The van der Waals surface area contributed by atoms with E-state index in [0.29, 0.717) is 12.0 Å². The Kier molecular flexibility index (Phi) is 9.99. The number of nitrogens with zero attached hydrogens (tertiary/aromatic N) is 2. The first kappa shape index (κ1) is 27.0. The summed E-state index contributed by atoms with van der Waals surface area (Å²) < 4.78 is 5.65. The van der Waals surface area contributed by atoms with Crippen molar-refractivity contribution in [3.8, 4) is 5.75 Å². The molecule has 0 bridgehead atoms. The van der Waals surface area contributed by atoms with E-state index in [1.165, 1.54) is 35.3 Å². The molecule has 1 saturated heterocycles. The molecule has 0 spiro atoms. The van der Waals surface area contributed by atoms with Crippen LogP contribution in [0, 0.1) is 0 Å². The highest BCUT2D eigenvalue weighted by Gasteiger charge is 2.39. The van der Waals surface area contributed by atoms with Gasteiger partial charge in [0.1, 0.15) is 5.75 Å². The molecule has 0 unspecified atom stereocenters. The number of carbonyl (C=O) groups is 2. The van der Waals surface area contributed by atoms with Crippen LogP contribution in [0.4, 0.5) is 4.79 Å². The summed E-state index contributed by atoms with van der Waals surface area (Å²) in [5, 5.41) is 3.02. The topological polar surface area (TPSA) is 61.9 Å². The number of fused-ring (bicyclic) bond motifs is 3. The maximum absolute atomic E-state index is 12.1. The Balaban J connectivity index is 0.00000342. The van der Waals surface area contributed by atoms with Crippen molar-refractivity contribution in [3.05, 3.63) is 65.2 Å². The van der Waals surface area contributed by atoms with Crippen molar-refractivity contribution >= 4 is 24.4 Å². The minimum Gasteiger partial charge on any atom is -0.410 e. The van der Waals surface area contributed by atoms with Gasteiger partial charge in [0.2, 0.25) is 0 Å². The third-order valence-electron chi connectivity index (χ3n) is 7.18. The number of amides is 2. The van der Waals surface area contributed by atoms with E-state index in [-0.39, 0.29) is 24.4 Å². The molecule has 1 fully saturated rings. The van der Waals surface area contributed by atoms with Gasteiger partial charge in [0.05, 0.1) is 0 Å². The fourth-order valence-corrected chi connectivity index (χ4v) is 5.40. The number of rotatable bonds is 9. The van der Waals surface area contributed by atoms with Gasteiger partial charge in [0, 0.05) is 38.2 Å². The van der Waals surface area contributed by atoms with E-state index in [0.717, 1.165) is 56.6 Å². The highest BCUT2D eigenvalue weighted by molar-refractivity contribution is 5.94. The minimum atomic E-state index is -0.316. The summed E-state index contributed by atoms with van der Waals surface area (Å²) in [6.45, 7) is 3.02. The smallest absolute Gasteiger partial charge is 0.410 e. The molecule has 2 aromatic carbocycles. The number of unbranched alkanes of at least 4 members (excludes halogenated alkanes) is 3. The van der Waals surface area contributed by atoms with Gasteiger partial charge in [-0.05, 0) is 74.5 Å². The van der Waals surface area contributed by atoms with Crippen LogP contribution in [0.2, 0.25) is 0 Å². The second-order valence-electron chi connectivity index (χ2n) is 9.66. The zero-order valence-electron chi connectivity index (χ0n) is 20.9. The van der Waals surface area contributed by atoms with Crippen molar-refractivity contribution in [2.45, 2.75) is 56.9 Å². The molecule has 1 heterocycles. The van der Waals surface area contributed by atoms with Gasteiger partial charge in [0.25, 0.3) is 5.91 Å². The van der Waals surface area contributed by atoms with Crippen molar-refractivity contribution in [3.63, 3.8) is 0 Å². The molecule has 2 aliphatic rings.